The molecule has 1 fully saturated rings. The maximum Gasteiger partial charge on any atom is 0.160 e. The molecular weight excluding hydrogens is 240 g/mol. The van der Waals surface area contributed by atoms with E-state index in [4.69, 9.17) is 10.4 Å². The van der Waals surface area contributed by atoms with E-state index in [0.717, 1.165) is 11.2 Å². The summed E-state index contributed by atoms with van der Waals surface area (Å²) in [5, 5.41) is 11.4. The van der Waals surface area contributed by atoms with Crippen LogP contribution in [0.15, 0.2) is 16.8 Å². The van der Waals surface area contributed by atoms with Crippen LogP contribution in [0.2, 0.25) is 0 Å². The molecule has 0 bridgehead atoms. The molecule has 0 spiro atoms. The van der Waals surface area contributed by atoms with Crippen molar-refractivity contribution in [3.05, 3.63) is 12.1 Å². The minimum atomic E-state index is 0.517. The van der Waals surface area contributed by atoms with Gasteiger partial charge in [0.1, 0.15) is 0 Å². The molecule has 1 aliphatic carbocycles. The van der Waals surface area contributed by atoms with Gasteiger partial charge in [-0.3, -0.25) is 0 Å². The third kappa shape index (κ3) is 2.64. The van der Waals surface area contributed by atoms with E-state index in [2.05, 4.69) is 15.6 Å². The van der Waals surface area contributed by atoms with Crippen molar-refractivity contribution in [3.8, 4) is 0 Å². The fraction of sp³-hybridized carbons (Fsp3) is 0.571. The van der Waals surface area contributed by atoms with Gasteiger partial charge in [0.15, 0.2) is 11.0 Å². The molecule has 102 valence electrons. The van der Waals surface area contributed by atoms with Crippen LogP contribution in [0.3, 0.4) is 0 Å². The van der Waals surface area contributed by atoms with E-state index in [0.29, 0.717) is 17.2 Å². The monoisotopic (exact) mass is 260 g/mol. The number of hydrogen-bond acceptors (Lipinski definition) is 5. The van der Waals surface area contributed by atoms with Crippen molar-refractivity contribution in [2.45, 2.75) is 51.0 Å². The number of benzene rings is 1. The Hall–Kier alpha value is -1.78. The molecule has 2 aromatic rings. The molecule has 5 nitrogen and oxygen atoms in total. The Labute approximate surface area is 112 Å². The summed E-state index contributed by atoms with van der Waals surface area (Å²) in [5.74, 6) is 0. The molecule has 1 saturated carbocycles. The normalized spacial score (nSPS) is 18.1. The summed E-state index contributed by atoms with van der Waals surface area (Å²) in [6.07, 6.45) is 9.11. The predicted molar refractivity (Wildman–Crippen MR) is 75.9 cm³/mol. The van der Waals surface area contributed by atoms with Crippen molar-refractivity contribution in [1.82, 2.24) is 10.3 Å². The Morgan fingerprint density at radius 2 is 1.68 bits per heavy atom. The van der Waals surface area contributed by atoms with Gasteiger partial charge >= 0.3 is 0 Å². The molecule has 0 atom stereocenters. The molecule has 1 aromatic heterocycles. The maximum atomic E-state index is 5.86. The van der Waals surface area contributed by atoms with Crippen molar-refractivity contribution >= 4 is 22.4 Å². The van der Waals surface area contributed by atoms with Crippen LogP contribution >= 0.6 is 0 Å². The second-order valence-corrected chi connectivity index (χ2v) is 5.35. The van der Waals surface area contributed by atoms with Crippen LogP contribution in [-0.2, 0) is 0 Å². The van der Waals surface area contributed by atoms with E-state index in [1.54, 1.807) is 0 Å². The molecule has 0 unspecified atom stereocenters. The van der Waals surface area contributed by atoms with E-state index in [-0.39, 0.29) is 0 Å². The third-order valence-corrected chi connectivity index (χ3v) is 3.91. The van der Waals surface area contributed by atoms with Gasteiger partial charge in [0.05, 0.1) is 11.4 Å². The molecule has 0 radical (unpaired) electrons. The molecule has 1 heterocycles. The molecule has 19 heavy (non-hydrogen) atoms. The summed E-state index contributed by atoms with van der Waals surface area (Å²) < 4.78 is 4.80. The van der Waals surface area contributed by atoms with Gasteiger partial charge in [-0.2, -0.15) is 0 Å². The van der Waals surface area contributed by atoms with E-state index in [1.807, 2.05) is 12.1 Å². The first-order valence-electron chi connectivity index (χ1n) is 7.12. The number of aromatic nitrogens is 2. The van der Waals surface area contributed by atoms with Crippen LogP contribution in [0, 0.1) is 0 Å². The second-order valence-electron chi connectivity index (χ2n) is 5.35. The lowest BCUT2D eigenvalue weighted by atomic mass is 9.96. The molecule has 3 N–H and O–H groups in total. The number of hydrogen-bond donors (Lipinski definition) is 2. The number of nitrogens with two attached hydrogens (primary N) is 1. The fourth-order valence-corrected chi connectivity index (χ4v) is 2.82. The summed E-state index contributed by atoms with van der Waals surface area (Å²) in [7, 11) is 0. The first-order valence-corrected chi connectivity index (χ1v) is 7.12. The first-order chi connectivity index (χ1) is 9.34. The highest BCUT2D eigenvalue weighted by Crippen LogP contribution is 2.28. The summed E-state index contributed by atoms with van der Waals surface area (Å²) in [5.41, 5.74) is 8.84. The third-order valence-electron chi connectivity index (χ3n) is 3.91. The Morgan fingerprint density at radius 3 is 2.47 bits per heavy atom. The Balaban J connectivity index is 1.80. The predicted octanol–water partition coefficient (Wildman–Crippen LogP) is 3.33. The highest BCUT2D eigenvalue weighted by Gasteiger charge is 2.15. The first kappa shape index (κ1) is 12.3. The number of rotatable bonds is 2. The van der Waals surface area contributed by atoms with Crippen LogP contribution in [0.25, 0.3) is 11.0 Å². The van der Waals surface area contributed by atoms with Crippen molar-refractivity contribution in [2.75, 3.05) is 11.1 Å². The van der Waals surface area contributed by atoms with E-state index < -0.39 is 0 Å². The minimum absolute atomic E-state index is 0.517. The summed E-state index contributed by atoms with van der Waals surface area (Å²) in [6.45, 7) is 0. The van der Waals surface area contributed by atoms with Crippen LogP contribution in [-0.4, -0.2) is 16.4 Å². The highest BCUT2D eigenvalue weighted by molar-refractivity contribution is 5.95. The second kappa shape index (κ2) is 5.47. The Kier molecular flexibility index (Phi) is 3.53. The van der Waals surface area contributed by atoms with Crippen molar-refractivity contribution in [1.29, 1.82) is 0 Å². The van der Waals surface area contributed by atoms with Crippen LogP contribution in [0.1, 0.15) is 44.9 Å². The summed E-state index contributed by atoms with van der Waals surface area (Å²) in [4.78, 5) is 0. The zero-order valence-electron chi connectivity index (χ0n) is 11.1. The van der Waals surface area contributed by atoms with Gasteiger partial charge < -0.3 is 11.1 Å². The zero-order chi connectivity index (χ0) is 13.1. The van der Waals surface area contributed by atoms with E-state index in [1.165, 1.54) is 44.9 Å². The van der Waals surface area contributed by atoms with Gasteiger partial charge in [-0.15, -0.1) is 0 Å². The quantitative estimate of drug-likeness (QED) is 0.810. The number of nitrogens with one attached hydrogen (secondary N) is 1. The van der Waals surface area contributed by atoms with E-state index >= 15 is 0 Å². The maximum absolute atomic E-state index is 5.86. The zero-order valence-corrected chi connectivity index (χ0v) is 11.1. The fourth-order valence-electron chi connectivity index (χ4n) is 2.82. The average Bonchev–Trinajstić information content (AvgIpc) is 2.85. The molecule has 1 aromatic carbocycles. The Bertz CT molecular complexity index is 543. The smallest absolute Gasteiger partial charge is 0.160 e. The van der Waals surface area contributed by atoms with Gasteiger partial charge in [0, 0.05) is 6.04 Å². The molecule has 0 saturated heterocycles. The number of nitrogens with zero attached hydrogens (tertiary/aromatic N) is 2. The number of anilines is 2. The van der Waals surface area contributed by atoms with Gasteiger partial charge in [-0.05, 0) is 35.3 Å². The summed E-state index contributed by atoms with van der Waals surface area (Å²) >= 11 is 0. The standard InChI is InChI=1S/C14H20N4O/c15-11-8-9-12(14-13(11)17-19-18-14)16-10-6-4-2-1-3-5-7-10/h8-10,16H,1-7,15H2. The SMILES string of the molecule is Nc1ccc(NC2CCCCCCC2)c2nonc12. The molecule has 0 amide bonds. The molecular formula is C14H20N4O. The molecule has 5 heteroatoms. The van der Waals surface area contributed by atoms with Crippen molar-refractivity contribution < 1.29 is 4.63 Å². The van der Waals surface area contributed by atoms with Crippen molar-refractivity contribution in [2.24, 2.45) is 0 Å². The molecule has 3 rings (SSSR count). The van der Waals surface area contributed by atoms with Gasteiger partial charge in [0.2, 0.25) is 0 Å². The van der Waals surface area contributed by atoms with Crippen LogP contribution in [0.4, 0.5) is 11.4 Å². The van der Waals surface area contributed by atoms with E-state index in [9.17, 15) is 0 Å². The Morgan fingerprint density at radius 1 is 1.00 bits per heavy atom. The molecule has 0 aliphatic heterocycles. The lowest BCUT2D eigenvalue weighted by Gasteiger charge is -2.22. The highest BCUT2D eigenvalue weighted by atomic mass is 16.6. The molecule has 1 aliphatic rings. The van der Waals surface area contributed by atoms with Gasteiger partial charge in [0.25, 0.3) is 0 Å². The lowest BCUT2D eigenvalue weighted by Crippen LogP contribution is -2.20. The van der Waals surface area contributed by atoms with Crippen LogP contribution < -0.4 is 11.1 Å². The summed E-state index contributed by atoms with van der Waals surface area (Å²) in [6, 6.07) is 4.35. The van der Waals surface area contributed by atoms with Crippen LogP contribution in [0.5, 0.6) is 0 Å². The average molecular weight is 260 g/mol. The van der Waals surface area contributed by atoms with Gasteiger partial charge in [-0.1, -0.05) is 32.1 Å². The number of fused-ring (bicyclic) bond motifs is 1. The lowest BCUT2D eigenvalue weighted by molar-refractivity contribution is 0.315. The minimum Gasteiger partial charge on any atom is -0.397 e. The van der Waals surface area contributed by atoms with Crippen molar-refractivity contribution in [3.63, 3.8) is 0 Å². The largest absolute Gasteiger partial charge is 0.397 e. The van der Waals surface area contributed by atoms with Gasteiger partial charge in [-0.25, -0.2) is 4.63 Å². The number of nitrogen functional groups attached to an aromatic ring is 1. The topological polar surface area (TPSA) is 77.0 Å².